The van der Waals surface area contributed by atoms with E-state index in [-0.39, 0.29) is 0 Å². The van der Waals surface area contributed by atoms with Crippen LogP contribution in [0.15, 0.2) is 0 Å². The molecule has 4 nitrogen and oxygen atoms in total. The Morgan fingerprint density at radius 3 is 2.40 bits per heavy atom. The number of hydroxylamine groups is 2. The summed E-state index contributed by atoms with van der Waals surface area (Å²) in [5.41, 5.74) is 0. The fourth-order valence-electron chi connectivity index (χ4n) is 0.954. The summed E-state index contributed by atoms with van der Waals surface area (Å²) in [6.45, 7) is 4.04. The Morgan fingerprint density at radius 2 is 1.90 bits per heavy atom. The van der Waals surface area contributed by atoms with Crippen LogP contribution in [0.4, 0.5) is 0 Å². The number of rotatable bonds is 2. The van der Waals surface area contributed by atoms with Crippen molar-refractivity contribution in [2.45, 2.75) is 0 Å². The van der Waals surface area contributed by atoms with E-state index in [2.05, 4.69) is 16.8 Å². The van der Waals surface area contributed by atoms with Gasteiger partial charge in [0.25, 0.3) is 0 Å². The molecule has 1 aliphatic rings. The van der Waals surface area contributed by atoms with Crippen molar-refractivity contribution in [3.63, 3.8) is 0 Å². The van der Waals surface area contributed by atoms with E-state index in [9.17, 15) is 4.79 Å². The van der Waals surface area contributed by atoms with Crippen LogP contribution in [0.3, 0.4) is 0 Å². The van der Waals surface area contributed by atoms with Crippen LogP contribution < -0.4 is 0 Å². The summed E-state index contributed by atoms with van der Waals surface area (Å²) in [5, 5.41) is 1.67. The van der Waals surface area contributed by atoms with Crippen LogP contribution >= 0.6 is 0 Å². The van der Waals surface area contributed by atoms with Gasteiger partial charge < -0.3 is 9.74 Å². The van der Waals surface area contributed by atoms with E-state index in [1.807, 2.05) is 0 Å². The topological polar surface area (TPSA) is 32.8 Å². The third kappa shape index (κ3) is 1.97. The molecule has 0 unspecified atom stereocenters. The average molecular weight is 144 g/mol. The molecule has 0 radical (unpaired) electrons. The molecule has 4 heteroatoms. The summed E-state index contributed by atoms with van der Waals surface area (Å²) in [4.78, 5) is 16.7. The van der Waals surface area contributed by atoms with E-state index < -0.39 is 0 Å². The lowest BCUT2D eigenvalue weighted by Gasteiger charge is -2.29. The highest BCUT2D eigenvalue weighted by atomic mass is 16.7. The van der Waals surface area contributed by atoms with Gasteiger partial charge in [0.2, 0.25) is 0 Å². The molecule has 0 saturated carbocycles. The van der Waals surface area contributed by atoms with Gasteiger partial charge in [-0.15, -0.1) is 5.06 Å². The van der Waals surface area contributed by atoms with Crippen LogP contribution in [-0.4, -0.2) is 49.7 Å². The maximum absolute atomic E-state index is 9.88. The SMILES string of the molecule is CN1CCN(OC=O)CC1. The van der Waals surface area contributed by atoms with Crippen LogP contribution in [-0.2, 0) is 9.63 Å². The second-order valence-corrected chi connectivity index (χ2v) is 2.43. The number of nitrogens with zero attached hydrogens (tertiary/aromatic N) is 2. The fourth-order valence-corrected chi connectivity index (χ4v) is 0.954. The molecular weight excluding hydrogens is 132 g/mol. The maximum atomic E-state index is 9.88. The van der Waals surface area contributed by atoms with Gasteiger partial charge in [-0.25, -0.2) is 0 Å². The van der Waals surface area contributed by atoms with Crippen molar-refractivity contribution in [1.82, 2.24) is 9.96 Å². The quantitative estimate of drug-likeness (QED) is 0.481. The predicted octanol–water partition coefficient (Wildman–Crippen LogP) is -0.678. The van der Waals surface area contributed by atoms with Gasteiger partial charge >= 0.3 is 6.47 Å². The number of piperazine rings is 1. The Bertz CT molecular complexity index is 110. The summed E-state index contributed by atoms with van der Waals surface area (Å²) < 4.78 is 0. The molecule has 58 valence electrons. The van der Waals surface area contributed by atoms with Gasteiger partial charge in [-0.1, -0.05) is 0 Å². The molecule has 0 N–H and O–H groups in total. The molecular formula is C6H12N2O2. The zero-order chi connectivity index (χ0) is 7.40. The summed E-state index contributed by atoms with van der Waals surface area (Å²) >= 11 is 0. The molecule has 0 bridgehead atoms. The number of hydrogen-bond acceptors (Lipinski definition) is 4. The van der Waals surface area contributed by atoms with Crippen LogP contribution in [0.2, 0.25) is 0 Å². The number of hydrogen-bond donors (Lipinski definition) is 0. The van der Waals surface area contributed by atoms with Crippen LogP contribution in [0.1, 0.15) is 0 Å². The number of carbonyl (C=O) groups excluding carboxylic acids is 1. The summed E-state index contributed by atoms with van der Waals surface area (Å²) in [6.07, 6.45) is 0. The van der Waals surface area contributed by atoms with Crippen molar-refractivity contribution >= 4 is 6.47 Å². The predicted molar refractivity (Wildman–Crippen MR) is 36.2 cm³/mol. The third-order valence-electron chi connectivity index (χ3n) is 1.65. The first-order valence-corrected chi connectivity index (χ1v) is 3.37. The van der Waals surface area contributed by atoms with Crippen molar-refractivity contribution in [3.8, 4) is 0 Å². The Balaban J connectivity index is 2.19. The first kappa shape index (κ1) is 7.50. The number of likely N-dealkylation sites (N-methyl/N-ethyl adjacent to an activating group) is 1. The molecule has 1 saturated heterocycles. The minimum absolute atomic E-state index is 0.478. The normalized spacial score (nSPS) is 22.5. The lowest BCUT2D eigenvalue weighted by molar-refractivity contribution is -0.180. The zero-order valence-corrected chi connectivity index (χ0v) is 6.12. The van der Waals surface area contributed by atoms with Gasteiger partial charge in [0.05, 0.1) is 0 Å². The third-order valence-corrected chi connectivity index (χ3v) is 1.65. The highest BCUT2D eigenvalue weighted by Gasteiger charge is 2.13. The van der Waals surface area contributed by atoms with E-state index in [1.165, 1.54) is 0 Å². The van der Waals surface area contributed by atoms with Crippen molar-refractivity contribution < 1.29 is 9.63 Å². The average Bonchev–Trinajstić information content (AvgIpc) is 1.95. The molecule has 1 rings (SSSR count). The second-order valence-electron chi connectivity index (χ2n) is 2.43. The molecule has 0 spiro atoms. The molecule has 0 aromatic heterocycles. The van der Waals surface area contributed by atoms with E-state index in [0.29, 0.717) is 6.47 Å². The number of carbonyl (C=O) groups is 1. The molecule has 0 amide bonds. The molecule has 0 aromatic carbocycles. The smallest absolute Gasteiger partial charge is 0.312 e. The van der Waals surface area contributed by atoms with E-state index in [4.69, 9.17) is 0 Å². The summed E-state index contributed by atoms with van der Waals surface area (Å²) in [6, 6.07) is 0. The summed E-state index contributed by atoms with van der Waals surface area (Å²) in [7, 11) is 2.05. The lowest BCUT2D eigenvalue weighted by Crippen LogP contribution is -2.44. The molecule has 10 heavy (non-hydrogen) atoms. The van der Waals surface area contributed by atoms with Gasteiger partial charge in [-0.2, -0.15) is 0 Å². The van der Waals surface area contributed by atoms with Gasteiger partial charge in [0, 0.05) is 26.2 Å². The van der Waals surface area contributed by atoms with Crippen LogP contribution in [0.25, 0.3) is 0 Å². The Morgan fingerprint density at radius 1 is 1.30 bits per heavy atom. The first-order valence-electron chi connectivity index (χ1n) is 3.37. The van der Waals surface area contributed by atoms with Gasteiger partial charge in [0.1, 0.15) is 0 Å². The minimum atomic E-state index is 0.478. The molecule has 0 aromatic rings. The zero-order valence-electron chi connectivity index (χ0n) is 6.12. The molecule has 1 fully saturated rings. The standard InChI is InChI=1S/C6H12N2O2/c1-7-2-4-8(5-3-7)10-6-9/h6H,2-5H2,1H3. The second kappa shape index (κ2) is 3.53. The Hall–Kier alpha value is -0.610. The van der Waals surface area contributed by atoms with Crippen LogP contribution in [0.5, 0.6) is 0 Å². The molecule has 0 aliphatic carbocycles. The van der Waals surface area contributed by atoms with Crippen molar-refractivity contribution in [2.24, 2.45) is 0 Å². The maximum Gasteiger partial charge on any atom is 0.312 e. The Labute approximate surface area is 60.3 Å². The minimum Gasteiger partial charge on any atom is -0.371 e. The van der Waals surface area contributed by atoms with Crippen LogP contribution in [0, 0.1) is 0 Å². The highest BCUT2D eigenvalue weighted by Crippen LogP contribution is 1.97. The monoisotopic (exact) mass is 144 g/mol. The fraction of sp³-hybridized carbons (Fsp3) is 0.833. The largest absolute Gasteiger partial charge is 0.371 e. The first-order chi connectivity index (χ1) is 4.83. The van der Waals surface area contributed by atoms with Crippen molar-refractivity contribution in [1.29, 1.82) is 0 Å². The lowest BCUT2D eigenvalue weighted by atomic mass is 10.4. The van der Waals surface area contributed by atoms with Crippen molar-refractivity contribution in [2.75, 3.05) is 33.2 Å². The van der Waals surface area contributed by atoms with E-state index in [1.54, 1.807) is 5.06 Å². The van der Waals surface area contributed by atoms with E-state index in [0.717, 1.165) is 26.2 Å². The molecule has 0 atom stereocenters. The van der Waals surface area contributed by atoms with Crippen molar-refractivity contribution in [3.05, 3.63) is 0 Å². The Kier molecular flexibility index (Phi) is 2.65. The van der Waals surface area contributed by atoms with Gasteiger partial charge in [-0.05, 0) is 7.05 Å². The molecule has 1 aliphatic heterocycles. The van der Waals surface area contributed by atoms with Gasteiger partial charge in [0.15, 0.2) is 0 Å². The van der Waals surface area contributed by atoms with Gasteiger partial charge in [-0.3, -0.25) is 4.79 Å². The summed E-state index contributed by atoms with van der Waals surface area (Å²) in [5.74, 6) is 0. The highest BCUT2D eigenvalue weighted by molar-refractivity contribution is 5.36. The molecule has 1 heterocycles. The van der Waals surface area contributed by atoms with E-state index >= 15 is 0 Å².